The maximum Gasteiger partial charge on any atom is 0.0963 e. The molecule has 1 aromatic carbocycles. The summed E-state index contributed by atoms with van der Waals surface area (Å²) in [6.45, 7) is 2.27. The van der Waals surface area contributed by atoms with E-state index >= 15 is 0 Å². The molecule has 0 spiro atoms. The Kier molecular flexibility index (Phi) is 2.76. The van der Waals surface area contributed by atoms with E-state index in [9.17, 15) is 0 Å². The SMILES string of the molecule is Clc1ccc(-c2c3n(c4cccnc24)CCOC3)cc1. The van der Waals surface area contributed by atoms with Gasteiger partial charge in [-0.1, -0.05) is 23.7 Å². The molecule has 0 amide bonds. The van der Waals surface area contributed by atoms with Gasteiger partial charge in [0.2, 0.25) is 0 Å². The van der Waals surface area contributed by atoms with Gasteiger partial charge in [-0.3, -0.25) is 4.98 Å². The van der Waals surface area contributed by atoms with Crippen molar-refractivity contribution in [2.24, 2.45) is 0 Å². The second kappa shape index (κ2) is 4.62. The van der Waals surface area contributed by atoms with Crippen molar-refractivity contribution in [1.29, 1.82) is 0 Å². The van der Waals surface area contributed by atoms with Crippen LogP contribution >= 0.6 is 11.6 Å². The minimum Gasteiger partial charge on any atom is -0.373 e. The van der Waals surface area contributed by atoms with Gasteiger partial charge in [0.25, 0.3) is 0 Å². The number of aromatic nitrogens is 2. The number of halogens is 1. The molecular weight excluding hydrogens is 272 g/mol. The van der Waals surface area contributed by atoms with E-state index in [4.69, 9.17) is 16.3 Å². The Balaban J connectivity index is 2.05. The molecule has 1 aliphatic heterocycles. The zero-order valence-electron chi connectivity index (χ0n) is 10.8. The third kappa shape index (κ3) is 1.74. The van der Waals surface area contributed by atoms with Crippen molar-refractivity contribution in [2.45, 2.75) is 13.2 Å². The smallest absolute Gasteiger partial charge is 0.0963 e. The van der Waals surface area contributed by atoms with Crippen molar-refractivity contribution in [3.05, 3.63) is 53.3 Å². The third-order valence-corrected chi connectivity index (χ3v) is 4.01. The van der Waals surface area contributed by atoms with Crippen LogP contribution in [-0.4, -0.2) is 16.2 Å². The summed E-state index contributed by atoms with van der Waals surface area (Å²) in [6, 6.07) is 12.0. The molecule has 0 radical (unpaired) electrons. The number of pyridine rings is 1. The van der Waals surface area contributed by atoms with Gasteiger partial charge in [0.05, 0.1) is 29.9 Å². The lowest BCUT2D eigenvalue weighted by molar-refractivity contribution is 0.0869. The van der Waals surface area contributed by atoms with Crippen molar-refractivity contribution in [3.8, 4) is 11.1 Å². The van der Waals surface area contributed by atoms with E-state index in [0.29, 0.717) is 6.61 Å². The Morgan fingerprint density at radius 1 is 1.15 bits per heavy atom. The molecule has 0 atom stereocenters. The molecule has 0 N–H and O–H groups in total. The van der Waals surface area contributed by atoms with E-state index < -0.39 is 0 Å². The van der Waals surface area contributed by atoms with Crippen LogP contribution in [0.1, 0.15) is 5.69 Å². The van der Waals surface area contributed by atoms with Gasteiger partial charge in [-0.05, 0) is 29.8 Å². The number of hydrogen-bond donors (Lipinski definition) is 0. The van der Waals surface area contributed by atoms with Crippen LogP contribution in [0.4, 0.5) is 0 Å². The summed E-state index contributed by atoms with van der Waals surface area (Å²) in [5.41, 5.74) is 5.72. The van der Waals surface area contributed by atoms with Crippen molar-refractivity contribution >= 4 is 22.6 Å². The summed E-state index contributed by atoms with van der Waals surface area (Å²) >= 11 is 5.99. The predicted molar refractivity (Wildman–Crippen MR) is 79.8 cm³/mol. The van der Waals surface area contributed by atoms with E-state index in [0.717, 1.165) is 34.8 Å². The quantitative estimate of drug-likeness (QED) is 0.678. The van der Waals surface area contributed by atoms with Crippen LogP contribution in [0, 0.1) is 0 Å². The minimum atomic E-state index is 0.633. The second-order valence-corrected chi connectivity index (χ2v) is 5.34. The fraction of sp³-hybridized carbons (Fsp3) is 0.188. The number of nitrogens with zero attached hydrogens (tertiary/aromatic N) is 2. The van der Waals surface area contributed by atoms with Gasteiger partial charge in [0.1, 0.15) is 0 Å². The summed E-state index contributed by atoms with van der Waals surface area (Å²) in [5, 5.41) is 0.746. The van der Waals surface area contributed by atoms with Gasteiger partial charge >= 0.3 is 0 Å². The fourth-order valence-electron chi connectivity index (χ4n) is 2.87. The first-order valence-electron chi connectivity index (χ1n) is 6.64. The minimum absolute atomic E-state index is 0.633. The lowest BCUT2D eigenvalue weighted by Gasteiger charge is -2.17. The molecule has 4 heteroatoms. The average Bonchev–Trinajstić information content (AvgIpc) is 2.83. The molecule has 3 aromatic rings. The molecule has 0 unspecified atom stereocenters. The molecule has 0 bridgehead atoms. The van der Waals surface area contributed by atoms with Crippen molar-refractivity contribution in [3.63, 3.8) is 0 Å². The van der Waals surface area contributed by atoms with Crippen LogP contribution in [0.3, 0.4) is 0 Å². The van der Waals surface area contributed by atoms with E-state index in [1.807, 2.05) is 36.5 Å². The second-order valence-electron chi connectivity index (χ2n) is 4.90. The molecule has 1 aliphatic rings. The summed E-state index contributed by atoms with van der Waals surface area (Å²) < 4.78 is 7.95. The van der Waals surface area contributed by atoms with Crippen molar-refractivity contribution < 1.29 is 4.74 Å². The normalized spacial score (nSPS) is 14.4. The highest BCUT2D eigenvalue weighted by Gasteiger charge is 2.21. The molecule has 20 heavy (non-hydrogen) atoms. The standard InChI is InChI=1S/C16H13ClN2O/c17-12-5-3-11(4-6-12)15-14-10-20-9-8-19(14)13-2-1-7-18-16(13)15/h1-7H,8-10H2. The summed E-state index contributed by atoms with van der Waals surface area (Å²) in [7, 11) is 0. The van der Waals surface area contributed by atoms with Crippen LogP contribution < -0.4 is 0 Å². The van der Waals surface area contributed by atoms with Crippen LogP contribution in [0.5, 0.6) is 0 Å². The Bertz CT molecular complexity index is 777. The van der Waals surface area contributed by atoms with Gasteiger partial charge in [0, 0.05) is 23.3 Å². The molecule has 3 heterocycles. The van der Waals surface area contributed by atoms with Crippen LogP contribution in [-0.2, 0) is 17.9 Å². The average molecular weight is 285 g/mol. The van der Waals surface area contributed by atoms with E-state index in [1.165, 1.54) is 11.2 Å². The molecule has 100 valence electrons. The fourth-order valence-corrected chi connectivity index (χ4v) is 3.00. The summed E-state index contributed by atoms with van der Waals surface area (Å²) in [6.07, 6.45) is 1.84. The number of ether oxygens (including phenoxy) is 1. The zero-order chi connectivity index (χ0) is 13.5. The number of benzene rings is 1. The van der Waals surface area contributed by atoms with Gasteiger partial charge in [0.15, 0.2) is 0 Å². The molecule has 4 rings (SSSR count). The maximum absolute atomic E-state index is 5.99. The van der Waals surface area contributed by atoms with Crippen molar-refractivity contribution in [1.82, 2.24) is 9.55 Å². The molecule has 2 aromatic heterocycles. The molecule has 0 saturated heterocycles. The Labute approximate surface area is 121 Å². The first-order chi connectivity index (χ1) is 9.84. The lowest BCUT2D eigenvalue weighted by atomic mass is 10.0. The van der Waals surface area contributed by atoms with Crippen LogP contribution in [0.25, 0.3) is 22.2 Å². The number of rotatable bonds is 1. The summed E-state index contributed by atoms with van der Waals surface area (Å²) in [4.78, 5) is 4.58. The summed E-state index contributed by atoms with van der Waals surface area (Å²) in [5.74, 6) is 0. The van der Waals surface area contributed by atoms with E-state index in [-0.39, 0.29) is 0 Å². The number of fused-ring (bicyclic) bond motifs is 3. The van der Waals surface area contributed by atoms with Crippen LogP contribution in [0.2, 0.25) is 5.02 Å². The predicted octanol–water partition coefficient (Wildman–Crippen LogP) is 3.89. The van der Waals surface area contributed by atoms with E-state index in [1.54, 1.807) is 0 Å². The molecular formula is C16H13ClN2O. The largest absolute Gasteiger partial charge is 0.373 e. The topological polar surface area (TPSA) is 27.1 Å². The van der Waals surface area contributed by atoms with Gasteiger partial charge < -0.3 is 9.30 Å². The maximum atomic E-state index is 5.99. The Morgan fingerprint density at radius 3 is 2.85 bits per heavy atom. The van der Waals surface area contributed by atoms with E-state index in [2.05, 4.69) is 15.6 Å². The van der Waals surface area contributed by atoms with Crippen molar-refractivity contribution in [2.75, 3.05) is 6.61 Å². The van der Waals surface area contributed by atoms with Gasteiger partial charge in [-0.15, -0.1) is 0 Å². The first-order valence-corrected chi connectivity index (χ1v) is 7.02. The highest BCUT2D eigenvalue weighted by molar-refractivity contribution is 6.30. The third-order valence-electron chi connectivity index (χ3n) is 3.76. The Morgan fingerprint density at radius 2 is 2.00 bits per heavy atom. The van der Waals surface area contributed by atoms with Crippen LogP contribution in [0.15, 0.2) is 42.6 Å². The van der Waals surface area contributed by atoms with Gasteiger partial charge in [-0.2, -0.15) is 0 Å². The molecule has 3 nitrogen and oxygen atoms in total. The molecule has 0 saturated carbocycles. The number of hydrogen-bond acceptors (Lipinski definition) is 2. The Hall–Kier alpha value is -1.84. The molecule has 0 aliphatic carbocycles. The zero-order valence-corrected chi connectivity index (χ0v) is 11.6. The monoisotopic (exact) mass is 284 g/mol. The first kappa shape index (κ1) is 11.9. The highest BCUT2D eigenvalue weighted by Crippen LogP contribution is 2.35. The lowest BCUT2D eigenvalue weighted by Crippen LogP contribution is -2.16. The highest BCUT2D eigenvalue weighted by atomic mass is 35.5. The molecule has 0 fully saturated rings. The van der Waals surface area contributed by atoms with Gasteiger partial charge in [-0.25, -0.2) is 0 Å².